The van der Waals surface area contributed by atoms with E-state index in [-0.39, 0.29) is 17.0 Å². The molecule has 0 saturated carbocycles. The molecule has 0 aromatic heterocycles. The van der Waals surface area contributed by atoms with Crippen LogP contribution in [0.2, 0.25) is 0 Å². The quantitative estimate of drug-likeness (QED) is 0.874. The van der Waals surface area contributed by atoms with Crippen molar-refractivity contribution in [2.24, 2.45) is 0 Å². The lowest BCUT2D eigenvalue weighted by molar-refractivity contribution is 0.470. The van der Waals surface area contributed by atoms with Crippen molar-refractivity contribution >= 4 is 17.0 Å². The Kier molecular flexibility index (Phi) is 5.81. The molecule has 0 aliphatic rings. The lowest BCUT2D eigenvalue weighted by Gasteiger charge is -2.10. The van der Waals surface area contributed by atoms with Gasteiger partial charge in [-0.25, -0.2) is 0 Å². The van der Waals surface area contributed by atoms with E-state index in [1.807, 2.05) is 26.1 Å². The third-order valence-electron chi connectivity index (χ3n) is 2.30. The van der Waals surface area contributed by atoms with E-state index in [0.29, 0.717) is 11.8 Å². The summed E-state index contributed by atoms with van der Waals surface area (Å²) in [6.07, 6.45) is 0.998. The summed E-state index contributed by atoms with van der Waals surface area (Å²) in [5.74, 6) is 0.376. The second-order valence-corrected chi connectivity index (χ2v) is 3.51. The van der Waals surface area contributed by atoms with Gasteiger partial charge in [-0.05, 0) is 44.5 Å². The largest absolute Gasteiger partial charge is 0.508 e. The average Bonchev–Trinajstić information content (AvgIpc) is 2.11. The Labute approximate surface area is 96.1 Å². The van der Waals surface area contributed by atoms with Gasteiger partial charge in [0.05, 0.1) is 0 Å². The van der Waals surface area contributed by atoms with E-state index in [1.165, 1.54) is 5.56 Å². The van der Waals surface area contributed by atoms with Crippen molar-refractivity contribution in [3.05, 3.63) is 29.3 Å². The molecule has 0 spiro atoms. The van der Waals surface area contributed by atoms with Crippen LogP contribution in [0.5, 0.6) is 5.75 Å². The topological polar surface area (TPSA) is 32.3 Å². The van der Waals surface area contributed by atoms with Crippen molar-refractivity contribution in [2.75, 3.05) is 7.05 Å². The predicted molar refractivity (Wildman–Crippen MR) is 65.4 cm³/mol. The molecule has 0 aliphatic heterocycles. The minimum absolute atomic E-state index is 0. The highest BCUT2D eigenvalue weighted by Crippen LogP contribution is 2.17. The third kappa shape index (κ3) is 3.68. The van der Waals surface area contributed by atoms with Gasteiger partial charge in [0.1, 0.15) is 5.75 Å². The first-order valence-electron chi connectivity index (χ1n) is 4.59. The Morgan fingerprint density at radius 1 is 1.43 bits per heavy atom. The standard InChI is InChI=1S/C11H17NO.BrH/c1-8-6-10(4-5-11(8)13)7-9(2)12-3;/h4-6,9,12-13H,7H2,1-3H3;1H. The summed E-state index contributed by atoms with van der Waals surface area (Å²) in [6, 6.07) is 6.23. The Morgan fingerprint density at radius 2 is 2.07 bits per heavy atom. The third-order valence-corrected chi connectivity index (χ3v) is 2.30. The number of phenolic OH excluding ortho intramolecular Hbond substituents is 1. The summed E-state index contributed by atoms with van der Waals surface area (Å²) in [4.78, 5) is 0. The van der Waals surface area contributed by atoms with Gasteiger partial charge in [0, 0.05) is 6.04 Å². The fraction of sp³-hybridized carbons (Fsp3) is 0.455. The number of aromatic hydroxyl groups is 1. The van der Waals surface area contributed by atoms with Crippen molar-refractivity contribution in [3.8, 4) is 5.75 Å². The molecule has 0 heterocycles. The van der Waals surface area contributed by atoms with Crippen LogP contribution in [0.1, 0.15) is 18.1 Å². The number of hydrogen-bond acceptors (Lipinski definition) is 2. The average molecular weight is 260 g/mol. The van der Waals surface area contributed by atoms with Crippen LogP contribution in [-0.4, -0.2) is 18.2 Å². The van der Waals surface area contributed by atoms with Gasteiger partial charge in [0.15, 0.2) is 0 Å². The first kappa shape index (κ1) is 13.5. The normalized spacial score (nSPS) is 11.9. The van der Waals surface area contributed by atoms with Crippen molar-refractivity contribution < 1.29 is 5.11 Å². The molecular weight excluding hydrogens is 242 g/mol. The highest BCUT2D eigenvalue weighted by atomic mass is 79.9. The first-order valence-corrected chi connectivity index (χ1v) is 4.59. The van der Waals surface area contributed by atoms with E-state index in [1.54, 1.807) is 6.07 Å². The van der Waals surface area contributed by atoms with Gasteiger partial charge in [0.25, 0.3) is 0 Å². The molecule has 0 radical (unpaired) electrons. The molecule has 1 aromatic carbocycles. The van der Waals surface area contributed by atoms with E-state index in [2.05, 4.69) is 12.2 Å². The van der Waals surface area contributed by atoms with Crippen LogP contribution in [0.25, 0.3) is 0 Å². The van der Waals surface area contributed by atoms with Crippen LogP contribution < -0.4 is 5.32 Å². The molecule has 3 heteroatoms. The maximum absolute atomic E-state index is 9.32. The Balaban J connectivity index is 0.00000169. The molecule has 0 saturated heterocycles. The molecule has 0 amide bonds. The van der Waals surface area contributed by atoms with Gasteiger partial charge >= 0.3 is 0 Å². The first-order chi connectivity index (χ1) is 6.13. The van der Waals surface area contributed by atoms with Crippen LogP contribution >= 0.6 is 17.0 Å². The number of halogens is 1. The number of benzene rings is 1. The molecule has 80 valence electrons. The van der Waals surface area contributed by atoms with Gasteiger partial charge in [-0.15, -0.1) is 17.0 Å². The molecule has 1 aromatic rings. The van der Waals surface area contributed by atoms with Crippen LogP contribution in [0.4, 0.5) is 0 Å². The molecule has 0 bridgehead atoms. The SMILES string of the molecule is Br.CNC(C)Cc1ccc(O)c(C)c1. The van der Waals surface area contributed by atoms with Gasteiger partial charge in [-0.1, -0.05) is 12.1 Å². The molecule has 2 nitrogen and oxygen atoms in total. The van der Waals surface area contributed by atoms with E-state index in [9.17, 15) is 5.11 Å². The summed E-state index contributed by atoms with van der Waals surface area (Å²) in [6.45, 7) is 4.06. The molecule has 1 atom stereocenters. The van der Waals surface area contributed by atoms with Crippen molar-refractivity contribution in [3.63, 3.8) is 0 Å². The molecule has 1 unspecified atom stereocenters. The number of phenols is 1. The van der Waals surface area contributed by atoms with Crippen molar-refractivity contribution in [2.45, 2.75) is 26.3 Å². The van der Waals surface area contributed by atoms with Crippen LogP contribution in [-0.2, 0) is 6.42 Å². The number of nitrogens with one attached hydrogen (secondary N) is 1. The smallest absolute Gasteiger partial charge is 0.118 e. The maximum atomic E-state index is 9.32. The molecule has 2 N–H and O–H groups in total. The second kappa shape index (κ2) is 6.04. The zero-order valence-corrected chi connectivity index (χ0v) is 10.6. The lowest BCUT2D eigenvalue weighted by Crippen LogP contribution is -2.23. The second-order valence-electron chi connectivity index (χ2n) is 3.51. The molecule has 1 rings (SSSR count). The fourth-order valence-electron chi connectivity index (χ4n) is 1.30. The summed E-state index contributed by atoms with van der Waals surface area (Å²) >= 11 is 0. The van der Waals surface area contributed by atoms with Crippen LogP contribution in [0.15, 0.2) is 18.2 Å². The zero-order chi connectivity index (χ0) is 9.84. The molecule has 0 aliphatic carbocycles. The Hall–Kier alpha value is -0.540. The van der Waals surface area contributed by atoms with E-state index >= 15 is 0 Å². The van der Waals surface area contributed by atoms with E-state index in [4.69, 9.17) is 0 Å². The van der Waals surface area contributed by atoms with Gasteiger partial charge < -0.3 is 10.4 Å². The Bertz CT molecular complexity index is 289. The van der Waals surface area contributed by atoms with Crippen molar-refractivity contribution in [1.29, 1.82) is 0 Å². The van der Waals surface area contributed by atoms with Crippen LogP contribution in [0, 0.1) is 6.92 Å². The van der Waals surface area contributed by atoms with E-state index in [0.717, 1.165) is 12.0 Å². The summed E-state index contributed by atoms with van der Waals surface area (Å²) < 4.78 is 0. The van der Waals surface area contributed by atoms with Gasteiger partial charge in [0.2, 0.25) is 0 Å². The van der Waals surface area contributed by atoms with E-state index < -0.39 is 0 Å². The van der Waals surface area contributed by atoms with Crippen molar-refractivity contribution in [1.82, 2.24) is 5.32 Å². The van der Waals surface area contributed by atoms with Gasteiger partial charge in [-0.2, -0.15) is 0 Å². The number of rotatable bonds is 3. The summed E-state index contributed by atoms with van der Waals surface area (Å²) in [7, 11) is 1.96. The highest BCUT2D eigenvalue weighted by Gasteiger charge is 2.02. The number of hydrogen-bond donors (Lipinski definition) is 2. The zero-order valence-electron chi connectivity index (χ0n) is 8.87. The highest BCUT2D eigenvalue weighted by molar-refractivity contribution is 8.93. The minimum atomic E-state index is 0. The van der Waals surface area contributed by atoms with Gasteiger partial charge in [-0.3, -0.25) is 0 Å². The maximum Gasteiger partial charge on any atom is 0.118 e. The molecule has 14 heavy (non-hydrogen) atoms. The molecular formula is C11H18BrNO. The minimum Gasteiger partial charge on any atom is -0.508 e. The lowest BCUT2D eigenvalue weighted by atomic mass is 10.0. The van der Waals surface area contributed by atoms with Crippen LogP contribution in [0.3, 0.4) is 0 Å². The Morgan fingerprint density at radius 3 is 2.57 bits per heavy atom. The monoisotopic (exact) mass is 259 g/mol. The molecule has 0 fully saturated rings. The number of aryl methyl sites for hydroxylation is 1. The summed E-state index contributed by atoms with van der Waals surface area (Å²) in [5, 5.41) is 12.5. The number of likely N-dealkylation sites (N-methyl/N-ethyl adjacent to an activating group) is 1. The summed E-state index contributed by atoms with van der Waals surface area (Å²) in [5.41, 5.74) is 2.21. The predicted octanol–water partition coefficient (Wildman–Crippen LogP) is 2.43. The fourth-order valence-corrected chi connectivity index (χ4v) is 1.30.